The third-order valence-corrected chi connectivity index (χ3v) is 3.41. The van der Waals surface area contributed by atoms with Gasteiger partial charge in [0, 0.05) is 22.9 Å². The van der Waals surface area contributed by atoms with Crippen molar-refractivity contribution < 1.29 is 9.72 Å². The summed E-state index contributed by atoms with van der Waals surface area (Å²) in [5.41, 5.74) is 2.51. The van der Waals surface area contributed by atoms with Crippen molar-refractivity contribution in [3.8, 4) is 0 Å². The fourth-order valence-corrected chi connectivity index (χ4v) is 2.14. The molecule has 0 atom stereocenters. The molecule has 2 aromatic carbocycles. The molecule has 0 unspecified atom stereocenters. The lowest BCUT2D eigenvalue weighted by molar-refractivity contribution is -0.385. The standard InChI is InChI=1S/C16H15N3O3S/c1-10-3-6-12(7-4-10)15(20)18-16(23)17-13-8-5-11(2)14(9-13)19(21)22/h3-9H,1-2H3,(H2,17,18,20,23). The molecule has 0 aliphatic rings. The summed E-state index contributed by atoms with van der Waals surface area (Å²) in [6, 6.07) is 11.7. The topological polar surface area (TPSA) is 84.3 Å². The van der Waals surface area contributed by atoms with Crippen LogP contribution in [0.1, 0.15) is 21.5 Å². The van der Waals surface area contributed by atoms with Crippen LogP contribution in [-0.4, -0.2) is 15.9 Å². The molecule has 7 heteroatoms. The van der Waals surface area contributed by atoms with Crippen LogP contribution in [0.5, 0.6) is 0 Å². The average Bonchev–Trinajstić information content (AvgIpc) is 2.49. The zero-order valence-electron chi connectivity index (χ0n) is 12.6. The zero-order chi connectivity index (χ0) is 17.0. The van der Waals surface area contributed by atoms with Gasteiger partial charge in [-0.1, -0.05) is 23.8 Å². The number of benzene rings is 2. The fraction of sp³-hybridized carbons (Fsp3) is 0.125. The highest BCUT2D eigenvalue weighted by molar-refractivity contribution is 7.80. The fourth-order valence-electron chi connectivity index (χ4n) is 1.93. The van der Waals surface area contributed by atoms with Gasteiger partial charge in [-0.05, 0) is 44.3 Å². The molecule has 118 valence electrons. The van der Waals surface area contributed by atoms with Gasteiger partial charge in [0.2, 0.25) is 0 Å². The number of nitro benzene ring substituents is 1. The quantitative estimate of drug-likeness (QED) is 0.512. The van der Waals surface area contributed by atoms with Crippen molar-refractivity contribution in [1.29, 1.82) is 0 Å². The van der Waals surface area contributed by atoms with Crippen molar-refractivity contribution in [3.05, 3.63) is 69.3 Å². The molecule has 0 saturated carbocycles. The van der Waals surface area contributed by atoms with Crippen LogP contribution in [0.2, 0.25) is 0 Å². The summed E-state index contributed by atoms with van der Waals surface area (Å²) in [7, 11) is 0. The second-order valence-electron chi connectivity index (χ2n) is 5.03. The Hall–Kier alpha value is -2.80. The number of nitro groups is 1. The van der Waals surface area contributed by atoms with Gasteiger partial charge in [0.05, 0.1) is 4.92 Å². The predicted molar refractivity (Wildman–Crippen MR) is 92.7 cm³/mol. The Labute approximate surface area is 138 Å². The smallest absolute Gasteiger partial charge is 0.274 e. The van der Waals surface area contributed by atoms with E-state index in [1.165, 1.54) is 6.07 Å². The summed E-state index contributed by atoms with van der Waals surface area (Å²) in [6.07, 6.45) is 0. The highest BCUT2D eigenvalue weighted by Crippen LogP contribution is 2.22. The molecule has 0 aromatic heterocycles. The van der Waals surface area contributed by atoms with Gasteiger partial charge in [0.25, 0.3) is 11.6 Å². The number of hydrogen-bond donors (Lipinski definition) is 2. The van der Waals surface area contributed by atoms with Crippen LogP contribution in [0.15, 0.2) is 42.5 Å². The lowest BCUT2D eigenvalue weighted by Gasteiger charge is -2.10. The van der Waals surface area contributed by atoms with Crippen molar-refractivity contribution in [2.45, 2.75) is 13.8 Å². The minimum atomic E-state index is -0.464. The van der Waals surface area contributed by atoms with Crippen molar-refractivity contribution in [1.82, 2.24) is 5.32 Å². The highest BCUT2D eigenvalue weighted by Gasteiger charge is 2.12. The Bertz CT molecular complexity index is 773. The second kappa shape index (κ2) is 6.97. The molecule has 0 saturated heterocycles. The molecule has 0 heterocycles. The number of nitrogens with zero attached hydrogens (tertiary/aromatic N) is 1. The van der Waals surface area contributed by atoms with E-state index in [2.05, 4.69) is 10.6 Å². The third kappa shape index (κ3) is 4.33. The summed E-state index contributed by atoms with van der Waals surface area (Å²) < 4.78 is 0. The molecule has 2 rings (SSSR count). The highest BCUT2D eigenvalue weighted by atomic mass is 32.1. The summed E-state index contributed by atoms with van der Waals surface area (Å²) in [4.78, 5) is 22.5. The van der Waals surface area contributed by atoms with E-state index >= 15 is 0 Å². The number of thiocarbonyl (C=S) groups is 1. The van der Waals surface area contributed by atoms with Crippen LogP contribution in [0.4, 0.5) is 11.4 Å². The molecule has 0 radical (unpaired) electrons. The molecule has 0 fully saturated rings. The van der Waals surface area contributed by atoms with E-state index in [0.29, 0.717) is 16.8 Å². The zero-order valence-corrected chi connectivity index (χ0v) is 13.4. The minimum Gasteiger partial charge on any atom is -0.332 e. The number of carbonyl (C=O) groups excluding carboxylic acids is 1. The van der Waals surface area contributed by atoms with Crippen molar-refractivity contribution >= 4 is 34.6 Å². The first-order chi connectivity index (χ1) is 10.9. The van der Waals surface area contributed by atoms with Gasteiger partial charge in [-0.25, -0.2) is 0 Å². The Morgan fingerprint density at radius 1 is 1.13 bits per heavy atom. The molecule has 0 aliphatic heterocycles. The molecular weight excluding hydrogens is 314 g/mol. The summed E-state index contributed by atoms with van der Waals surface area (Å²) >= 11 is 5.07. The van der Waals surface area contributed by atoms with E-state index in [9.17, 15) is 14.9 Å². The van der Waals surface area contributed by atoms with Crippen LogP contribution in [-0.2, 0) is 0 Å². The molecule has 0 spiro atoms. The Morgan fingerprint density at radius 2 is 1.78 bits per heavy atom. The molecule has 6 nitrogen and oxygen atoms in total. The Morgan fingerprint density at radius 3 is 2.39 bits per heavy atom. The van der Waals surface area contributed by atoms with E-state index in [0.717, 1.165) is 5.56 Å². The summed E-state index contributed by atoms with van der Waals surface area (Å²) in [6.45, 7) is 3.58. The normalized spacial score (nSPS) is 10.0. The van der Waals surface area contributed by atoms with Gasteiger partial charge < -0.3 is 5.32 Å². The van der Waals surface area contributed by atoms with Gasteiger partial charge in [0.1, 0.15) is 0 Å². The van der Waals surface area contributed by atoms with Crippen LogP contribution < -0.4 is 10.6 Å². The van der Waals surface area contributed by atoms with Crippen LogP contribution in [0.25, 0.3) is 0 Å². The van der Waals surface area contributed by atoms with Gasteiger partial charge in [-0.15, -0.1) is 0 Å². The van der Waals surface area contributed by atoms with E-state index in [-0.39, 0.29) is 16.7 Å². The lowest BCUT2D eigenvalue weighted by atomic mass is 10.1. The molecule has 2 N–H and O–H groups in total. The van der Waals surface area contributed by atoms with Crippen LogP contribution >= 0.6 is 12.2 Å². The maximum Gasteiger partial charge on any atom is 0.274 e. The largest absolute Gasteiger partial charge is 0.332 e. The lowest BCUT2D eigenvalue weighted by Crippen LogP contribution is -2.34. The Balaban J connectivity index is 2.05. The van der Waals surface area contributed by atoms with E-state index in [1.807, 2.05) is 19.1 Å². The van der Waals surface area contributed by atoms with E-state index < -0.39 is 4.92 Å². The molecular formula is C16H15N3O3S. The SMILES string of the molecule is Cc1ccc(C(=O)NC(=S)Nc2ccc(C)c([N+](=O)[O-])c2)cc1. The van der Waals surface area contributed by atoms with Crippen molar-refractivity contribution in [2.75, 3.05) is 5.32 Å². The molecule has 0 aliphatic carbocycles. The van der Waals surface area contributed by atoms with Gasteiger partial charge in [-0.2, -0.15) is 0 Å². The van der Waals surface area contributed by atoms with Crippen molar-refractivity contribution in [3.63, 3.8) is 0 Å². The third-order valence-electron chi connectivity index (χ3n) is 3.20. The molecule has 2 aromatic rings. The van der Waals surface area contributed by atoms with Gasteiger partial charge in [0.15, 0.2) is 5.11 Å². The van der Waals surface area contributed by atoms with Crippen LogP contribution in [0.3, 0.4) is 0 Å². The maximum atomic E-state index is 12.0. The van der Waals surface area contributed by atoms with E-state index in [4.69, 9.17) is 12.2 Å². The number of amides is 1. The van der Waals surface area contributed by atoms with E-state index in [1.54, 1.807) is 31.2 Å². The number of rotatable bonds is 3. The number of carbonyl (C=O) groups is 1. The monoisotopic (exact) mass is 329 g/mol. The van der Waals surface area contributed by atoms with Crippen molar-refractivity contribution in [2.24, 2.45) is 0 Å². The number of hydrogen-bond acceptors (Lipinski definition) is 4. The first-order valence-electron chi connectivity index (χ1n) is 6.81. The summed E-state index contributed by atoms with van der Waals surface area (Å²) in [5.74, 6) is -0.343. The molecule has 1 amide bonds. The Kier molecular flexibility index (Phi) is 5.02. The number of nitrogens with one attached hydrogen (secondary N) is 2. The second-order valence-corrected chi connectivity index (χ2v) is 5.44. The number of aryl methyl sites for hydroxylation is 2. The van der Waals surface area contributed by atoms with Crippen LogP contribution in [0, 0.1) is 24.0 Å². The molecule has 23 heavy (non-hydrogen) atoms. The summed E-state index contributed by atoms with van der Waals surface area (Å²) in [5, 5.41) is 16.3. The van der Waals surface area contributed by atoms with Gasteiger partial charge in [-0.3, -0.25) is 20.2 Å². The predicted octanol–water partition coefficient (Wildman–Crippen LogP) is 3.34. The first kappa shape index (κ1) is 16.6. The maximum absolute atomic E-state index is 12.0. The first-order valence-corrected chi connectivity index (χ1v) is 7.21. The average molecular weight is 329 g/mol. The number of anilines is 1. The molecule has 0 bridgehead atoms. The van der Waals surface area contributed by atoms with Gasteiger partial charge >= 0.3 is 0 Å². The minimum absolute atomic E-state index is 0.0114.